The number of rotatable bonds is 43. The molecular weight excluding hydrogens is 1230 g/mol. The summed E-state index contributed by atoms with van der Waals surface area (Å²) in [6, 6.07) is -11.8. The standard InChI is InChI=1S/C68H123N11O16/c1-27-29-30-44(13)58(95-48(17)81)57(62(85)72-50(28-2)68(91)94-34-33-74(19)47(16)80)79(24)67(90)56(43(11)12)78(23)65(88)53(36-41(7)8)77(22)64(87)52(35-40(5)6)76(21)63(86)46(15)71-59(82)45(14)70-60(83)51(32-31-39(3)4)75(20)66(89)54(42(9)10)73-61(84)55(69-18)49(37-92-25)38-93-26/h27,29,39-46,49-58,69H,28,30-38H2,1-26H3,(H,70,83)(H,71,82)(H,72,85)(H,73,84)/b29-27+/t44-,45+,46-,50+,51+,52+,53+,54+,55+,56+,57+,58-/m1/s1. The summed E-state index contributed by atoms with van der Waals surface area (Å²) in [4.78, 5) is 177. The van der Waals surface area contributed by atoms with Crippen molar-refractivity contribution >= 4 is 71.0 Å². The van der Waals surface area contributed by atoms with Gasteiger partial charge >= 0.3 is 11.9 Å². The van der Waals surface area contributed by atoms with Crippen LogP contribution in [0.4, 0.5) is 0 Å². The van der Waals surface area contributed by atoms with Gasteiger partial charge < -0.3 is 74.9 Å². The molecular formula is C68H123N11O16. The van der Waals surface area contributed by atoms with Crippen LogP contribution >= 0.6 is 0 Å². The van der Waals surface area contributed by atoms with Crippen LogP contribution in [0.3, 0.4) is 0 Å². The number of esters is 2. The van der Waals surface area contributed by atoms with E-state index < -0.39 is 149 Å². The molecule has 27 nitrogen and oxygen atoms in total. The minimum absolute atomic E-state index is 0.0683. The average molecular weight is 1350 g/mol. The maximum absolute atomic E-state index is 15.3. The largest absolute Gasteiger partial charge is 0.462 e. The average Bonchev–Trinajstić information content (AvgIpc) is 0.809. The van der Waals surface area contributed by atoms with E-state index in [2.05, 4.69) is 26.6 Å². The van der Waals surface area contributed by atoms with E-state index in [4.69, 9.17) is 18.9 Å². The fourth-order valence-corrected chi connectivity index (χ4v) is 11.2. The Bertz CT molecular complexity index is 2520. The van der Waals surface area contributed by atoms with Crippen LogP contribution in [0, 0.1) is 41.4 Å². The summed E-state index contributed by atoms with van der Waals surface area (Å²) in [5, 5.41) is 14.0. The number of carbonyl (C=O) groups is 12. The van der Waals surface area contributed by atoms with E-state index in [1.54, 1.807) is 68.6 Å². The summed E-state index contributed by atoms with van der Waals surface area (Å²) in [7, 11) is 13.3. The number of methoxy groups -OCH3 is 2. The Labute approximate surface area is 567 Å². The first kappa shape index (κ1) is 88.3. The molecule has 0 aliphatic heterocycles. The van der Waals surface area contributed by atoms with E-state index in [1.807, 2.05) is 47.6 Å². The molecule has 0 saturated carbocycles. The van der Waals surface area contributed by atoms with Gasteiger partial charge in [-0.05, 0) is 102 Å². The van der Waals surface area contributed by atoms with Gasteiger partial charge in [0.1, 0.15) is 67.1 Å². The van der Waals surface area contributed by atoms with Crippen LogP contribution in [-0.4, -0.2) is 257 Å². The molecule has 12 atom stereocenters. The van der Waals surface area contributed by atoms with Crippen molar-refractivity contribution in [3.63, 3.8) is 0 Å². The molecule has 0 bridgehead atoms. The van der Waals surface area contributed by atoms with Crippen molar-refractivity contribution in [3.05, 3.63) is 12.2 Å². The molecule has 0 fully saturated rings. The molecule has 0 aliphatic rings. The number of likely N-dealkylation sites (N-methyl/N-ethyl adjacent to an activating group) is 7. The quantitative estimate of drug-likeness (QED) is 0.0431. The molecule has 5 N–H and O–H groups in total. The van der Waals surface area contributed by atoms with E-state index in [1.165, 1.54) is 102 Å². The van der Waals surface area contributed by atoms with Crippen LogP contribution in [0.1, 0.15) is 156 Å². The van der Waals surface area contributed by atoms with Gasteiger partial charge in [0.05, 0.1) is 25.8 Å². The zero-order chi connectivity index (χ0) is 73.6. The second-order valence-corrected chi connectivity index (χ2v) is 27.2. The second kappa shape index (κ2) is 43.4. The normalized spacial score (nSPS) is 15.5. The molecule has 0 rings (SSSR count). The molecule has 0 aromatic rings. The number of nitrogens with one attached hydrogen (secondary N) is 5. The summed E-state index contributed by atoms with van der Waals surface area (Å²) in [6.45, 7) is 29.3. The lowest BCUT2D eigenvalue weighted by atomic mass is 9.91. The third-order valence-corrected chi connectivity index (χ3v) is 17.1. The first-order chi connectivity index (χ1) is 44.1. The molecule has 27 heteroatoms. The van der Waals surface area contributed by atoms with Crippen molar-refractivity contribution in [2.45, 2.75) is 223 Å². The Morgan fingerprint density at radius 3 is 1.44 bits per heavy atom. The van der Waals surface area contributed by atoms with Gasteiger partial charge in [0.15, 0.2) is 0 Å². The summed E-state index contributed by atoms with van der Waals surface area (Å²) < 4.78 is 22.0. The first-order valence-corrected chi connectivity index (χ1v) is 33.5. The Balaban J connectivity index is 7.17. The van der Waals surface area contributed by atoms with Gasteiger partial charge in [0.25, 0.3) is 0 Å². The molecule has 546 valence electrons. The highest BCUT2D eigenvalue weighted by Gasteiger charge is 2.46. The summed E-state index contributed by atoms with van der Waals surface area (Å²) >= 11 is 0. The molecule has 0 heterocycles. The van der Waals surface area contributed by atoms with E-state index in [0.717, 1.165) is 4.90 Å². The van der Waals surface area contributed by atoms with E-state index in [-0.39, 0.29) is 81.6 Å². The lowest BCUT2D eigenvalue weighted by Gasteiger charge is -2.42. The monoisotopic (exact) mass is 1350 g/mol. The van der Waals surface area contributed by atoms with Crippen LogP contribution in [0.25, 0.3) is 0 Å². The summed E-state index contributed by atoms with van der Waals surface area (Å²) in [5.41, 5.74) is 0. The highest BCUT2D eigenvalue weighted by atomic mass is 16.5. The Hall–Kier alpha value is -6.74. The van der Waals surface area contributed by atoms with Crippen molar-refractivity contribution in [3.8, 4) is 0 Å². The van der Waals surface area contributed by atoms with Crippen molar-refractivity contribution in [1.29, 1.82) is 0 Å². The first-order valence-electron chi connectivity index (χ1n) is 33.5. The van der Waals surface area contributed by atoms with E-state index >= 15 is 14.4 Å². The van der Waals surface area contributed by atoms with Crippen molar-refractivity contribution < 1.29 is 76.5 Å². The fourth-order valence-electron chi connectivity index (χ4n) is 11.2. The number of nitrogens with zero attached hydrogens (tertiary/aromatic N) is 6. The summed E-state index contributed by atoms with van der Waals surface area (Å²) in [5.74, 6) is -9.81. The smallest absolute Gasteiger partial charge is 0.328 e. The number of allylic oxidation sites excluding steroid dienone is 2. The number of carbonyl (C=O) groups excluding carboxylic acids is 12. The maximum atomic E-state index is 15.3. The van der Waals surface area contributed by atoms with E-state index in [9.17, 15) is 43.2 Å². The SMILES string of the molecule is C/C=C/C[C@@H](C)[C@@H](OC(C)=O)[C@@H](C(=O)N[C@@H](CC)C(=O)OCCN(C)C(C)=O)N(C)C(=O)[C@H](C(C)C)N(C)C(=O)[C@H](CC(C)C)N(C)C(=O)[C@H](CC(C)C)N(C)C(=O)[C@@H](C)NC(=O)[C@H](C)NC(=O)[C@H](CCC(C)C)N(C)C(=O)[C@@H](NC(=O)[C@@H](NC)C(COC)COC)C(C)C. The van der Waals surface area contributed by atoms with Crippen LogP contribution < -0.4 is 26.6 Å². The van der Waals surface area contributed by atoms with Crippen LogP contribution in [0.2, 0.25) is 0 Å². The molecule has 0 aromatic heterocycles. The van der Waals surface area contributed by atoms with Crippen molar-refractivity contribution in [2.75, 3.05) is 89.9 Å². The van der Waals surface area contributed by atoms with Crippen LogP contribution in [-0.2, 0) is 76.5 Å². The minimum atomic E-state index is -1.56. The molecule has 95 heavy (non-hydrogen) atoms. The zero-order valence-electron chi connectivity index (χ0n) is 62.3. The Morgan fingerprint density at radius 2 is 1.00 bits per heavy atom. The van der Waals surface area contributed by atoms with Gasteiger partial charge in [-0.3, -0.25) is 52.7 Å². The topological polar surface area (TPSA) is 321 Å². The summed E-state index contributed by atoms with van der Waals surface area (Å²) in [6.07, 6.45) is 3.72. The third kappa shape index (κ3) is 28.1. The minimum Gasteiger partial charge on any atom is -0.462 e. The molecule has 0 aromatic carbocycles. The third-order valence-electron chi connectivity index (χ3n) is 17.1. The number of ether oxygens (including phenoxy) is 4. The Morgan fingerprint density at radius 1 is 0.505 bits per heavy atom. The van der Waals surface area contributed by atoms with Crippen molar-refractivity contribution in [1.82, 2.24) is 56.0 Å². The van der Waals surface area contributed by atoms with Crippen molar-refractivity contribution in [2.24, 2.45) is 41.4 Å². The molecule has 0 spiro atoms. The predicted octanol–water partition coefficient (Wildman–Crippen LogP) is 3.40. The molecule has 0 unspecified atom stereocenters. The lowest BCUT2D eigenvalue weighted by molar-refractivity contribution is -0.164. The van der Waals surface area contributed by atoms with Gasteiger partial charge in [0, 0.05) is 76.3 Å². The Kier molecular flexibility index (Phi) is 40.4. The highest BCUT2D eigenvalue weighted by molar-refractivity contribution is 5.98. The molecule has 0 aliphatic carbocycles. The predicted molar refractivity (Wildman–Crippen MR) is 363 cm³/mol. The second-order valence-electron chi connectivity index (χ2n) is 27.2. The maximum Gasteiger partial charge on any atom is 0.328 e. The van der Waals surface area contributed by atoms with Gasteiger partial charge in [-0.2, -0.15) is 0 Å². The number of amides is 10. The number of hydrogen-bond acceptors (Lipinski definition) is 17. The lowest BCUT2D eigenvalue weighted by Crippen LogP contribution is -2.63. The van der Waals surface area contributed by atoms with Gasteiger partial charge in [-0.1, -0.05) is 95.2 Å². The number of hydrogen-bond donors (Lipinski definition) is 5. The van der Waals surface area contributed by atoms with E-state index in [0.29, 0.717) is 12.8 Å². The van der Waals surface area contributed by atoms with Gasteiger partial charge in [-0.15, -0.1) is 0 Å². The van der Waals surface area contributed by atoms with Gasteiger partial charge in [-0.25, -0.2) is 4.79 Å². The zero-order valence-corrected chi connectivity index (χ0v) is 62.3. The molecule has 0 radical (unpaired) electrons. The van der Waals surface area contributed by atoms with Crippen LogP contribution in [0.5, 0.6) is 0 Å². The fraction of sp³-hybridized carbons (Fsp3) is 0.794. The highest BCUT2D eigenvalue weighted by Crippen LogP contribution is 2.27. The van der Waals surface area contributed by atoms with Gasteiger partial charge in [0.2, 0.25) is 59.1 Å². The molecule has 10 amide bonds. The van der Waals surface area contributed by atoms with Crippen LogP contribution in [0.15, 0.2) is 12.2 Å². The molecule has 0 saturated heterocycles.